The van der Waals surface area contributed by atoms with Gasteiger partial charge in [0.25, 0.3) is 5.56 Å². The van der Waals surface area contributed by atoms with Crippen LogP contribution in [-0.4, -0.2) is 4.57 Å². The van der Waals surface area contributed by atoms with E-state index in [2.05, 4.69) is 0 Å². The van der Waals surface area contributed by atoms with E-state index >= 15 is 0 Å². The molecule has 0 aliphatic carbocycles. The van der Waals surface area contributed by atoms with Crippen molar-refractivity contribution in [3.05, 3.63) is 94.9 Å². The molecule has 0 saturated heterocycles. The molecular weight excluding hydrogens is 262 g/mol. The molecule has 2 aromatic carbocycles. The van der Waals surface area contributed by atoms with Crippen molar-refractivity contribution in [1.29, 1.82) is 0 Å². The van der Waals surface area contributed by atoms with Gasteiger partial charge >= 0.3 is 0 Å². The summed E-state index contributed by atoms with van der Waals surface area (Å²) in [5.41, 5.74) is 1.02. The van der Waals surface area contributed by atoms with E-state index in [1.807, 2.05) is 60.7 Å². The minimum absolute atomic E-state index is 0.0766. The second-order valence-electron chi connectivity index (χ2n) is 4.73. The summed E-state index contributed by atoms with van der Waals surface area (Å²) in [5.74, 6) is 1.27. The highest BCUT2D eigenvalue weighted by molar-refractivity contribution is 5.29. The topological polar surface area (TPSA) is 31.2 Å². The first-order chi connectivity index (χ1) is 10.3. The first-order valence-corrected chi connectivity index (χ1v) is 6.78. The average Bonchev–Trinajstić information content (AvgIpc) is 2.52. The molecule has 1 aromatic heterocycles. The standard InChI is InChI=1S/C18H15NO2/c20-18-13-17(21-16-9-5-2-6-10-16)11-12-19(18)14-15-7-3-1-4-8-15/h1-13H,14H2. The van der Waals surface area contributed by atoms with Crippen molar-refractivity contribution in [3.63, 3.8) is 0 Å². The third-order valence-corrected chi connectivity index (χ3v) is 3.14. The van der Waals surface area contributed by atoms with E-state index in [0.717, 1.165) is 11.3 Å². The lowest BCUT2D eigenvalue weighted by atomic mass is 10.2. The summed E-state index contributed by atoms with van der Waals surface area (Å²) in [6.45, 7) is 0.561. The van der Waals surface area contributed by atoms with Crippen LogP contribution in [0.4, 0.5) is 0 Å². The molecule has 0 aliphatic rings. The average molecular weight is 277 g/mol. The number of aromatic nitrogens is 1. The normalized spacial score (nSPS) is 10.3. The second kappa shape index (κ2) is 6.09. The smallest absolute Gasteiger partial charge is 0.254 e. The van der Waals surface area contributed by atoms with Crippen molar-refractivity contribution in [2.75, 3.05) is 0 Å². The molecule has 0 bridgehead atoms. The number of hydrogen-bond acceptors (Lipinski definition) is 2. The van der Waals surface area contributed by atoms with Crippen molar-refractivity contribution >= 4 is 0 Å². The lowest BCUT2D eigenvalue weighted by Gasteiger charge is -2.08. The van der Waals surface area contributed by atoms with Crippen LogP contribution in [0.5, 0.6) is 11.5 Å². The zero-order valence-electron chi connectivity index (χ0n) is 11.5. The minimum Gasteiger partial charge on any atom is -0.457 e. The Hall–Kier alpha value is -2.81. The lowest BCUT2D eigenvalue weighted by molar-refractivity contribution is 0.479. The van der Waals surface area contributed by atoms with E-state index in [-0.39, 0.29) is 5.56 Å². The summed E-state index contributed by atoms with van der Waals surface area (Å²) in [5, 5.41) is 0. The summed E-state index contributed by atoms with van der Waals surface area (Å²) in [6.07, 6.45) is 1.76. The first kappa shape index (κ1) is 13.2. The van der Waals surface area contributed by atoms with Gasteiger partial charge in [-0.25, -0.2) is 0 Å². The van der Waals surface area contributed by atoms with Gasteiger partial charge in [0.15, 0.2) is 0 Å². The molecule has 21 heavy (non-hydrogen) atoms. The summed E-state index contributed by atoms with van der Waals surface area (Å²) >= 11 is 0. The van der Waals surface area contributed by atoms with Crippen molar-refractivity contribution in [1.82, 2.24) is 4.57 Å². The van der Waals surface area contributed by atoms with E-state index < -0.39 is 0 Å². The molecule has 0 amide bonds. The van der Waals surface area contributed by atoms with Crippen LogP contribution in [0, 0.1) is 0 Å². The Morgan fingerprint density at radius 2 is 1.48 bits per heavy atom. The molecule has 3 aromatic rings. The van der Waals surface area contributed by atoms with E-state index in [4.69, 9.17) is 4.74 Å². The molecule has 0 atom stereocenters. The fourth-order valence-corrected chi connectivity index (χ4v) is 2.09. The van der Waals surface area contributed by atoms with Gasteiger partial charge in [0.05, 0.1) is 6.54 Å². The second-order valence-corrected chi connectivity index (χ2v) is 4.73. The van der Waals surface area contributed by atoms with Gasteiger partial charge in [-0.3, -0.25) is 4.79 Å². The van der Waals surface area contributed by atoms with E-state index in [1.54, 1.807) is 16.8 Å². The monoisotopic (exact) mass is 277 g/mol. The van der Waals surface area contributed by atoms with Gasteiger partial charge < -0.3 is 9.30 Å². The van der Waals surface area contributed by atoms with Crippen LogP contribution >= 0.6 is 0 Å². The van der Waals surface area contributed by atoms with Gasteiger partial charge in [-0.2, -0.15) is 0 Å². The number of ether oxygens (including phenoxy) is 1. The lowest BCUT2D eigenvalue weighted by Crippen LogP contribution is -2.18. The molecule has 0 radical (unpaired) electrons. The third kappa shape index (κ3) is 3.39. The predicted molar refractivity (Wildman–Crippen MR) is 82.8 cm³/mol. The number of nitrogens with zero attached hydrogens (tertiary/aromatic N) is 1. The van der Waals surface area contributed by atoms with Gasteiger partial charge in [0, 0.05) is 12.3 Å². The zero-order valence-corrected chi connectivity index (χ0v) is 11.5. The molecule has 0 fully saturated rings. The molecular formula is C18H15NO2. The van der Waals surface area contributed by atoms with Crippen LogP contribution in [0.2, 0.25) is 0 Å². The molecule has 3 nitrogen and oxygen atoms in total. The Kier molecular flexibility index (Phi) is 3.83. The number of hydrogen-bond donors (Lipinski definition) is 0. The van der Waals surface area contributed by atoms with Crippen molar-refractivity contribution in [2.24, 2.45) is 0 Å². The highest BCUT2D eigenvalue weighted by Crippen LogP contribution is 2.18. The van der Waals surface area contributed by atoms with Crippen LogP contribution in [0.3, 0.4) is 0 Å². The van der Waals surface area contributed by atoms with Gasteiger partial charge in [-0.05, 0) is 23.8 Å². The molecule has 0 unspecified atom stereocenters. The van der Waals surface area contributed by atoms with Gasteiger partial charge in [-0.1, -0.05) is 48.5 Å². The quantitative estimate of drug-likeness (QED) is 0.728. The number of para-hydroxylation sites is 1. The maximum Gasteiger partial charge on any atom is 0.254 e. The molecule has 104 valence electrons. The van der Waals surface area contributed by atoms with E-state index in [1.165, 1.54) is 6.07 Å². The number of pyridine rings is 1. The van der Waals surface area contributed by atoms with Crippen LogP contribution < -0.4 is 10.3 Å². The molecule has 0 spiro atoms. The Morgan fingerprint density at radius 1 is 0.810 bits per heavy atom. The maximum absolute atomic E-state index is 12.1. The zero-order chi connectivity index (χ0) is 14.5. The highest BCUT2D eigenvalue weighted by atomic mass is 16.5. The van der Waals surface area contributed by atoms with Crippen molar-refractivity contribution in [3.8, 4) is 11.5 Å². The minimum atomic E-state index is -0.0766. The largest absolute Gasteiger partial charge is 0.457 e. The predicted octanol–water partition coefficient (Wildman–Crippen LogP) is 3.69. The van der Waals surface area contributed by atoms with E-state index in [9.17, 15) is 4.79 Å². The molecule has 3 rings (SSSR count). The Morgan fingerprint density at radius 3 is 2.14 bits per heavy atom. The number of rotatable bonds is 4. The maximum atomic E-state index is 12.1. The Labute approximate surface area is 123 Å². The summed E-state index contributed by atoms with van der Waals surface area (Å²) < 4.78 is 7.31. The summed E-state index contributed by atoms with van der Waals surface area (Å²) in [6, 6.07) is 22.6. The third-order valence-electron chi connectivity index (χ3n) is 3.14. The summed E-state index contributed by atoms with van der Waals surface area (Å²) in [4.78, 5) is 12.1. The van der Waals surface area contributed by atoms with Gasteiger partial charge in [0.2, 0.25) is 0 Å². The molecule has 1 heterocycles. The fourth-order valence-electron chi connectivity index (χ4n) is 2.09. The van der Waals surface area contributed by atoms with E-state index in [0.29, 0.717) is 12.3 Å². The molecule has 0 saturated carbocycles. The van der Waals surface area contributed by atoms with Crippen molar-refractivity contribution in [2.45, 2.75) is 6.54 Å². The highest BCUT2D eigenvalue weighted by Gasteiger charge is 2.02. The molecule has 0 N–H and O–H groups in total. The molecule has 3 heteroatoms. The molecule has 0 aliphatic heterocycles. The Balaban J connectivity index is 1.79. The van der Waals surface area contributed by atoms with Crippen LogP contribution in [0.1, 0.15) is 5.56 Å². The number of benzene rings is 2. The van der Waals surface area contributed by atoms with Crippen LogP contribution in [0.25, 0.3) is 0 Å². The SMILES string of the molecule is O=c1cc(Oc2ccccc2)ccn1Cc1ccccc1. The Bertz CT molecular complexity index is 764. The van der Waals surface area contributed by atoms with Crippen molar-refractivity contribution < 1.29 is 4.74 Å². The van der Waals surface area contributed by atoms with Crippen LogP contribution in [0.15, 0.2) is 83.8 Å². The first-order valence-electron chi connectivity index (χ1n) is 6.78. The summed E-state index contributed by atoms with van der Waals surface area (Å²) in [7, 11) is 0. The fraction of sp³-hybridized carbons (Fsp3) is 0.0556. The van der Waals surface area contributed by atoms with Gasteiger partial charge in [-0.15, -0.1) is 0 Å². The van der Waals surface area contributed by atoms with Crippen LogP contribution in [-0.2, 0) is 6.54 Å². The van der Waals surface area contributed by atoms with Gasteiger partial charge in [0.1, 0.15) is 11.5 Å².